The van der Waals surface area contributed by atoms with Gasteiger partial charge in [0.2, 0.25) is 0 Å². The minimum absolute atomic E-state index is 0.136. The summed E-state index contributed by atoms with van der Waals surface area (Å²) in [6.45, 7) is 6.32. The van der Waals surface area contributed by atoms with Crippen LogP contribution in [0.3, 0.4) is 0 Å². The molecule has 0 aromatic heterocycles. The molecule has 0 saturated carbocycles. The number of allylic oxidation sites excluding steroid dienone is 4. The number of carbonyl (C=O) groups is 2. The SMILES string of the molecule is COC(=O)/C1=C/CC[C@]2(C)O[C@H]2CC/C(C(=O)OC)=C\C=C(\C(C)C)CC1. The maximum absolute atomic E-state index is 12.1. The molecule has 1 saturated heterocycles. The molecule has 0 aromatic carbocycles. The van der Waals surface area contributed by atoms with Gasteiger partial charge >= 0.3 is 11.9 Å². The fraction of sp³-hybridized carbons (Fsp3) is 0.636. The van der Waals surface area contributed by atoms with E-state index in [1.165, 1.54) is 19.8 Å². The molecule has 1 aliphatic heterocycles. The van der Waals surface area contributed by atoms with E-state index >= 15 is 0 Å². The van der Waals surface area contributed by atoms with E-state index in [4.69, 9.17) is 14.2 Å². The predicted octanol–water partition coefficient (Wildman–Crippen LogP) is 4.28. The molecule has 2 rings (SSSR count). The van der Waals surface area contributed by atoms with Gasteiger partial charge in [-0.1, -0.05) is 37.6 Å². The van der Waals surface area contributed by atoms with Gasteiger partial charge in [-0.3, -0.25) is 0 Å². The van der Waals surface area contributed by atoms with E-state index in [2.05, 4.69) is 20.8 Å². The highest BCUT2D eigenvalue weighted by Gasteiger charge is 2.50. The number of hydrogen-bond donors (Lipinski definition) is 0. The summed E-state index contributed by atoms with van der Waals surface area (Å²) < 4.78 is 15.8. The summed E-state index contributed by atoms with van der Waals surface area (Å²) in [6.07, 6.45) is 10.4. The van der Waals surface area contributed by atoms with Crippen molar-refractivity contribution in [1.82, 2.24) is 0 Å². The first kappa shape index (κ1) is 21.4. The van der Waals surface area contributed by atoms with Gasteiger partial charge in [0.25, 0.3) is 0 Å². The Morgan fingerprint density at radius 1 is 1.07 bits per heavy atom. The van der Waals surface area contributed by atoms with Crippen molar-refractivity contribution in [2.24, 2.45) is 5.92 Å². The summed E-state index contributed by atoms with van der Waals surface area (Å²) in [7, 11) is 2.83. The molecule has 0 aromatic rings. The predicted molar refractivity (Wildman–Crippen MR) is 104 cm³/mol. The molecule has 5 nitrogen and oxygen atoms in total. The zero-order chi connectivity index (χ0) is 20.0. The number of rotatable bonds is 3. The molecule has 0 unspecified atom stereocenters. The molecule has 0 amide bonds. The second-order valence-electron chi connectivity index (χ2n) is 7.80. The Balaban J connectivity index is 2.31. The van der Waals surface area contributed by atoms with Crippen LogP contribution in [-0.2, 0) is 23.8 Å². The van der Waals surface area contributed by atoms with Crippen LogP contribution in [0.25, 0.3) is 0 Å². The minimum Gasteiger partial charge on any atom is -0.466 e. The molecule has 1 fully saturated rings. The number of fused-ring (bicyclic) bond motifs is 1. The van der Waals surface area contributed by atoms with Crippen LogP contribution >= 0.6 is 0 Å². The molecular formula is C22H32O5. The molecule has 1 heterocycles. The molecule has 1 aliphatic carbocycles. The Morgan fingerprint density at radius 2 is 1.74 bits per heavy atom. The molecule has 2 aliphatic rings. The lowest BCUT2D eigenvalue weighted by Crippen LogP contribution is -2.12. The Kier molecular flexibility index (Phi) is 7.42. The van der Waals surface area contributed by atoms with E-state index in [-0.39, 0.29) is 23.6 Å². The van der Waals surface area contributed by atoms with Crippen molar-refractivity contribution in [2.75, 3.05) is 14.2 Å². The largest absolute Gasteiger partial charge is 0.466 e. The normalized spacial score (nSPS) is 32.5. The monoisotopic (exact) mass is 376 g/mol. The topological polar surface area (TPSA) is 65.1 Å². The van der Waals surface area contributed by atoms with Crippen LogP contribution in [0.5, 0.6) is 0 Å². The number of ether oxygens (including phenoxy) is 3. The van der Waals surface area contributed by atoms with Crippen molar-refractivity contribution < 1.29 is 23.8 Å². The number of epoxide rings is 1. The molecule has 0 spiro atoms. The molecule has 5 heteroatoms. The smallest absolute Gasteiger partial charge is 0.333 e. The van der Waals surface area contributed by atoms with Crippen LogP contribution in [-0.4, -0.2) is 37.9 Å². The third-order valence-corrected chi connectivity index (χ3v) is 5.56. The van der Waals surface area contributed by atoms with Crippen molar-refractivity contribution in [1.29, 1.82) is 0 Å². The van der Waals surface area contributed by atoms with Crippen molar-refractivity contribution in [3.63, 3.8) is 0 Å². The van der Waals surface area contributed by atoms with Crippen LogP contribution in [0.2, 0.25) is 0 Å². The lowest BCUT2D eigenvalue weighted by molar-refractivity contribution is -0.137. The number of esters is 2. The first-order chi connectivity index (χ1) is 12.8. The van der Waals surface area contributed by atoms with Crippen LogP contribution in [0.4, 0.5) is 0 Å². The van der Waals surface area contributed by atoms with Crippen LogP contribution in [0.1, 0.15) is 59.3 Å². The van der Waals surface area contributed by atoms with Gasteiger partial charge in [-0.2, -0.15) is 0 Å². The Morgan fingerprint density at radius 3 is 2.37 bits per heavy atom. The lowest BCUT2D eigenvalue weighted by atomic mass is 9.92. The number of methoxy groups -OCH3 is 2. The van der Waals surface area contributed by atoms with Gasteiger partial charge in [-0.05, 0) is 51.4 Å². The Bertz CT molecular complexity index is 656. The molecule has 0 bridgehead atoms. The second-order valence-corrected chi connectivity index (χ2v) is 7.80. The quantitative estimate of drug-likeness (QED) is 0.543. The standard InChI is InChI=1S/C22H32O5/c1-15(2)16-8-10-17(20(23)25-4)7-6-14-22(3)19(27-22)13-12-18(11-9-16)21(24)26-5/h7,9,11,15,19H,6,8,10,12-14H2,1-5H3/b16-9+,17-7+,18-11+/t19-,22-/m0/s1. The molecular weight excluding hydrogens is 344 g/mol. The van der Waals surface area contributed by atoms with Crippen molar-refractivity contribution in [2.45, 2.75) is 71.0 Å². The van der Waals surface area contributed by atoms with Gasteiger partial charge < -0.3 is 14.2 Å². The number of hydrogen-bond acceptors (Lipinski definition) is 5. The Hall–Kier alpha value is -1.88. The van der Waals surface area contributed by atoms with Crippen molar-refractivity contribution in [3.8, 4) is 0 Å². The zero-order valence-electron chi connectivity index (χ0n) is 17.2. The molecule has 2 atom stereocenters. The minimum atomic E-state index is -0.293. The average Bonchev–Trinajstić information content (AvgIpc) is 3.30. The summed E-state index contributed by atoms with van der Waals surface area (Å²) in [5, 5.41) is 0. The van der Waals surface area contributed by atoms with Crippen LogP contribution in [0, 0.1) is 5.92 Å². The molecule has 150 valence electrons. The molecule has 27 heavy (non-hydrogen) atoms. The zero-order valence-corrected chi connectivity index (χ0v) is 17.2. The maximum Gasteiger partial charge on any atom is 0.333 e. The van der Waals surface area contributed by atoms with E-state index in [1.54, 1.807) is 0 Å². The summed E-state index contributed by atoms with van der Waals surface area (Å²) in [5.74, 6) is -0.240. The fourth-order valence-electron chi connectivity index (χ4n) is 3.55. The van der Waals surface area contributed by atoms with Crippen molar-refractivity contribution >= 4 is 11.9 Å². The van der Waals surface area contributed by atoms with Gasteiger partial charge in [0.15, 0.2) is 0 Å². The fourth-order valence-corrected chi connectivity index (χ4v) is 3.55. The van der Waals surface area contributed by atoms with Gasteiger partial charge in [0.1, 0.15) is 0 Å². The van der Waals surface area contributed by atoms with E-state index in [1.807, 2.05) is 18.2 Å². The highest BCUT2D eigenvalue weighted by Crippen LogP contribution is 2.43. The highest BCUT2D eigenvalue weighted by atomic mass is 16.6. The first-order valence-electron chi connectivity index (χ1n) is 9.73. The van der Waals surface area contributed by atoms with E-state index in [9.17, 15) is 9.59 Å². The Labute approximate surface area is 162 Å². The summed E-state index contributed by atoms with van der Waals surface area (Å²) in [4.78, 5) is 24.3. The highest BCUT2D eigenvalue weighted by molar-refractivity contribution is 5.89. The number of carbonyl (C=O) groups excluding carboxylic acids is 2. The van der Waals surface area contributed by atoms with E-state index in [0.29, 0.717) is 29.9 Å². The molecule has 0 radical (unpaired) electrons. The molecule has 0 N–H and O–H groups in total. The van der Waals surface area contributed by atoms with Crippen LogP contribution < -0.4 is 0 Å². The van der Waals surface area contributed by atoms with Crippen molar-refractivity contribution in [3.05, 3.63) is 34.9 Å². The van der Waals surface area contributed by atoms with Gasteiger partial charge in [-0.15, -0.1) is 0 Å². The third kappa shape index (κ3) is 5.80. The summed E-state index contributed by atoms with van der Waals surface area (Å²) in [5.41, 5.74) is 2.38. The summed E-state index contributed by atoms with van der Waals surface area (Å²) in [6, 6.07) is 0. The maximum atomic E-state index is 12.1. The average molecular weight is 376 g/mol. The van der Waals surface area contributed by atoms with Gasteiger partial charge in [-0.25, -0.2) is 9.59 Å². The third-order valence-electron chi connectivity index (χ3n) is 5.56. The van der Waals surface area contributed by atoms with Gasteiger partial charge in [0.05, 0.1) is 25.9 Å². The lowest BCUT2D eigenvalue weighted by Gasteiger charge is -2.13. The van der Waals surface area contributed by atoms with E-state index in [0.717, 1.165) is 25.7 Å². The first-order valence-corrected chi connectivity index (χ1v) is 9.73. The summed E-state index contributed by atoms with van der Waals surface area (Å²) >= 11 is 0. The van der Waals surface area contributed by atoms with Crippen LogP contribution in [0.15, 0.2) is 34.9 Å². The second kappa shape index (κ2) is 9.36. The van der Waals surface area contributed by atoms with Gasteiger partial charge in [0, 0.05) is 11.1 Å². The van der Waals surface area contributed by atoms with E-state index < -0.39 is 0 Å².